The van der Waals surface area contributed by atoms with E-state index in [0.717, 1.165) is 67.0 Å². The highest BCUT2D eigenvalue weighted by Crippen LogP contribution is 2.19. The first kappa shape index (κ1) is 19.0. The van der Waals surface area contributed by atoms with Crippen molar-refractivity contribution in [3.63, 3.8) is 0 Å². The van der Waals surface area contributed by atoms with Crippen molar-refractivity contribution in [1.29, 1.82) is 0 Å². The van der Waals surface area contributed by atoms with E-state index in [9.17, 15) is 4.79 Å². The Morgan fingerprint density at radius 3 is 3.00 bits per heavy atom. The third-order valence-electron chi connectivity index (χ3n) is 4.87. The van der Waals surface area contributed by atoms with E-state index in [-0.39, 0.29) is 5.91 Å². The molecule has 0 aromatic carbocycles. The van der Waals surface area contributed by atoms with Gasteiger partial charge in [0.1, 0.15) is 12.2 Å². The molecule has 1 aliphatic rings. The van der Waals surface area contributed by atoms with Gasteiger partial charge in [-0.1, -0.05) is 0 Å². The maximum Gasteiger partial charge on any atom is 0.225 e. The monoisotopic (exact) mass is 376 g/mol. The highest BCUT2D eigenvalue weighted by molar-refractivity contribution is 7.11. The molecule has 7 nitrogen and oxygen atoms in total. The summed E-state index contributed by atoms with van der Waals surface area (Å²) in [6.07, 6.45) is 4.39. The van der Waals surface area contributed by atoms with Crippen molar-refractivity contribution in [2.75, 3.05) is 19.6 Å². The number of piperidine rings is 1. The molecule has 3 heterocycles. The molecule has 1 atom stereocenters. The molecule has 142 valence electrons. The molecule has 1 unspecified atom stereocenters. The van der Waals surface area contributed by atoms with Gasteiger partial charge in [0.15, 0.2) is 0 Å². The lowest BCUT2D eigenvalue weighted by atomic mass is 9.98. The number of aromatic nitrogens is 4. The van der Waals surface area contributed by atoms with Crippen LogP contribution in [0.2, 0.25) is 0 Å². The van der Waals surface area contributed by atoms with Crippen molar-refractivity contribution < 1.29 is 4.79 Å². The predicted molar refractivity (Wildman–Crippen MR) is 102 cm³/mol. The first-order valence-corrected chi connectivity index (χ1v) is 10.2. The van der Waals surface area contributed by atoms with Crippen molar-refractivity contribution >= 4 is 17.2 Å². The third-order valence-corrected chi connectivity index (χ3v) is 5.94. The maximum atomic E-state index is 12.3. The summed E-state index contributed by atoms with van der Waals surface area (Å²) < 4.78 is 1.95. The molecular weight excluding hydrogens is 348 g/mol. The van der Waals surface area contributed by atoms with Crippen LogP contribution in [0.4, 0.5) is 0 Å². The molecule has 2 aromatic rings. The number of nitrogens with zero attached hydrogens (tertiary/aromatic N) is 5. The molecule has 8 heteroatoms. The third kappa shape index (κ3) is 4.88. The topological polar surface area (TPSA) is 75.9 Å². The summed E-state index contributed by atoms with van der Waals surface area (Å²) in [6, 6.07) is 0. The molecule has 0 aliphatic carbocycles. The summed E-state index contributed by atoms with van der Waals surface area (Å²) in [5.74, 6) is 1.61. The normalized spacial score (nSPS) is 18.2. The van der Waals surface area contributed by atoms with Gasteiger partial charge < -0.3 is 5.32 Å². The van der Waals surface area contributed by atoms with E-state index in [1.165, 1.54) is 0 Å². The van der Waals surface area contributed by atoms with Crippen molar-refractivity contribution in [2.24, 2.45) is 5.92 Å². The molecule has 2 aromatic heterocycles. The number of nitrogens with one attached hydrogen (secondary N) is 1. The van der Waals surface area contributed by atoms with Crippen LogP contribution in [0.3, 0.4) is 0 Å². The van der Waals surface area contributed by atoms with Gasteiger partial charge in [0.05, 0.1) is 23.7 Å². The molecular formula is C18H28N6OS. The molecule has 0 spiro atoms. The Labute approximate surface area is 158 Å². The number of hydrogen-bond acceptors (Lipinski definition) is 6. The fraction of sp³-hybridized carbons (Fsp3) is 0.667. The predicted octanol–water partition coefficient (Wildman–Crippen LogP) is 1.94. The summed E-state index contributed by atoms with van der Waals surface area (Å²) in [7, 11) is 0. The molecule has 1 saturated heterocycles. The van der Waals surface area contributed by atoms with Crippen molar-refractivity contribution in [3.8, 4) is 0 Å². The zero-order valence-electron chi connectivity index (χ0n) is 15.9. The summed E-state index contributed by atoms with van der Waals surface area (Å²) in [5.41, 5.74) is 0.978. The molecule has 1 N–H and O–H groups in total. The minimum absolute atomic E-state index is 0.0969. The van der Waals surface area contributed by atoms with Crippen LogP contribution in [0, 0.1) is 19.8 Å². The van der Waals surface area contributed by atoms with Crippen LogP contribution in [0.1, 0.15) is 41.2 Å². The average Bonchev–Trinajstić information content (AvgIpc) is 3.19. The zero-order valence-corrected chi connectivity index (χ0v) is 16.7. The van der Waals surface area contributed by atoms with Crippen LogP contribution >= 0.6 is 11.3 Å². The lowest BCUT2D eigenvalue weighted by molar-refractivity contribution is -0.120. The van der Waals surface area contributed by atoms with Crippen molar-refractivity contribution in [3.05, 3.63) is 27.7 Å². The van der Waals surface area contributed by atoms with Crippen LogP contribution < -0.4 is 5.32 Å². The quantitative estimate of drug-likeness (QED) is 0.799. The standard InChI is InChI=1S/C18H28N6OS/c1-4-24-17(20-12-21-24)11-23-7-5-6-15(10-23)9-19-18(25)8-16-13(2)22-14(3)26-16/h12,15H,4-11H2,1-3H3,(H,19,25). The summed E-state index contributed by atoms with van der Waals surface area (Å²) in [6.45, 7) is 10.5. The largest absolute Gasteiger partial charge is 0.355 e. The number of aryl methyl sites for hydroxylation is 3. The van der Waals surface area contributed by atoms with Crippen LogP contribution in [0.25, 0.3) is 0 Å². The van der Waals surface area contributed by atoms with E-state index in [1.807, 2.05) is 18.5 Å². The van der Waals surface area contributed by atoms with E-state index < -0.39 is 0 Å². The van der Waals surface area contributed by atoms with Gasteiger partial charge >= 0.3 is 0 Å². The van der Waals surface area contributed by atoms with Gasteiger partial charge in [0, 0.05) is 24.5 Å². The number of rotatable bonds is 7. The minimum Gasteiger partial charge on any atom is -0.355 e. The number of amides is 1. The number of likely N-dealkylation sites (tertiary alicyclic amines) is 1. The second-order valence-corrected chi connectivity index (χ2v) is 8.25. The zero-order chi connectivity index (χ0) is 18.5. The number of thiazole rings is 1. The van der Waals surface area contributed by atoms with Crippen LogP contribution in [-0.2, 0) is 24.3 Å². The summed E-state index contributed by atoms with van der Waals surface area (Å²) >= 11 is 1.61. The Morgan fingerprint density at radius 2 is 2.27 bits per heavy atom. The van der Waals surface area contributed by atoms with Gasteiger partial charge in [0.2, 0.25) is 5.91 Å². The highest BCUT2D eigenvalue weighted by atomic mass is 32.1. The van der Waals surface area contributed by atoms with Crippen molar-refractivity contribution in [1.82, 2.24) is 30.0 Å². The van der Waals surface area contributed by atoms with E-state index in [4.69, 9.17) is 0 Å². The molecule has 1 aliphatic heterocycles. The lowest BCUT2D eigenvalue weighted by Crippen LogP contribution is -2.41. The molecule has 0 bridgehead atoms. The van der Waals surface area contributed by atoms with Crippen molar-refractivity contribution in [2.45, 2.75) is 53.1 Å². The van der Waals surface area contributed by atoms with Gasteiger partial charge in [-0.15, -0.1) is 11.3 Å². The van der Waals surface area contributed by atoms with E-state index in [2.05, 4.69) is 32.2 Å². The Balaban J connectivity index is 1.46. The van der Waals surface area contributed by atoms with Gasteiger partial charge in [-0.2, -0.15) is 5.10 Å². The summed E-state index contributed by atoms with van der Waals surface area (Å²) in [5, 5.41) is 8.39. The van der Waals surface area contributed by atoms with Gasteiger partial charge in [-0.05, 0) is 46.1 Å². The molecule has 3 rings (SSSR count). The van der Waals surface area contributed by atoms with E-state index >= 15 is 0 Å². The molecule has 26 heavy (non-hydrogen) atoms. The Kier molecular flexibility index (Phi) is 6.37. The van der Waals surface area contributed by atoms with Crippen LogP contribution in [-0.4, -0.2) is 50.2 Å². The van der Waals surface area contributed by atoms with E-state index in [1.54, 1.807) is 17.7 Å². The fourth-order valence-electron chi connectivity index (χ4n) is 3.54. The van der Waals surface area contributed by atoms with Crippen LogP contribution in [0.5, 0.6) is 0 Å². The first-order chi connectivity index (χ1) is 12.5. The smallest absolute Gasteiger partial charge is 0.225 e. The SMILES string of the molecule is CCn1ncnc1CN1CCCC(CNC(=O)Cc2sc(C)nc2C)C1. The van der Waals surface area contributed by atoms with Gasteiger partial charge in [0.25, 0.3) is 0 Å². The van der Waals surface area contributed by atoms with E-state index in [0.29, 0.717) is 12.3 Å². The molecule has 1 amide bonds. The number of carbonyl (C=O) groups is 1. The fourth-order valence-corrected chi connectivity index (χ4v) is 4.48. The molecule has 1 fully saturated rings. The highest BCUT2D eigenvalue weighted by Gasteiger charge is 2.22. The Hall–Kier alpha value is -1.80. The van der Waals surface area contributed by atoms with Gasteiger partial charge in [-0.3, -0.25) is 9.69 Å². The number of hydrogen-bond donors (Lipinski definition) is 1. The average molecular weight is 377 g/mol. The lowest BCUT2D eigenvalue weighted by Gasteiger charge is -2.32. The second kappa shape index (κ2) is 8.73. The maximum absolute atomic E-state index is 12.3. The molecule has 0 radical (unpaired) electrons. The minimum atomic E-state index is 0.0969. The first-order valence-electron chi connectivity index (χ1n) is 9.33. The summed E-state index contributed by atoms with van der Waals surface area (Å²) in [4.78, 5) is 24.5. The number of carbonyl (C=O) groups excluding carboxylic acids is 1. The second-order valence-electron chi connectivity index (χ2n) is 6.96. The Morgan fingerprint density at radius 1 is 1.42 bits per heavy atom. The van der Waals surface area contributed by atoms with Gasteiger partial charge in [-0.25, -0.2) is 14.6 Å². The molecule has 0 saturated carbocycles. The Bertz CT molecular complexity index is 740. The van der Waals surface area contributed by atoms with Crippen LogP contribution in [0.15, 0.2) is 6.33 Å².